The average molecular weight is 185 g/mol. The predicted molar refractivity (Wildman–Crippen MR) is 55.3 cm³/mol. The van der Waals surface area contributed by atoms with Crippen LogP contribution >= 0.6 is 0 Å². The third-order valence-electron chi connectivity index (χ3n) is 2.34. The van der Waals surface area contributed by atoms with Gasteiger partial charge >= 0.3 is 0 Å². The lowest BCUT2D eigenvalue weighted by Gasteiger charge is -2.01. The number of hydrogen-bond acceptors (Lipinski definition) is 2. The van der Waals surface area contributed by atoms with Gasteiger partial charge in [-0.25, -0.2) is 0 Å². The van der Waals surface area contributed by atoms with E-state index in [2.05, 4.69) is 4.99 Å². The van der Waals surface area contributed by atoms with Crippen molar-refractivity contribution in [2.75, 3.05) is 0 Å². The molecule has 0 aromatic heterocycles. The Kier molecular flexibility index (Phi) is 2.27. The lowest BCUT2D eigenvalue weighted by atomic mass is 10.1. The molecule has 1 atom stereocenters. The van der Waals surface area contributed by atoms with Gasteiger partial charge in [-0.15, -0.1) is 0 Å². The maximum absolute atomic E-state index is 10.8. The summed E-state index contributed by atoms with van der Waals surface area (Å²) in [5, 5.41) is 1.95. The van der Waals surface area contributed by atoms with Crippen LogP contribution in [-0.2, 0) is 4.79 Å². The largest absolute Gasteiger partial charge is 0.301 e. The van der Waals surface area contributed by atoms with E-state index in [-0.39, 0.29) is 6.04 Å². The van der Waals surface area contributed by atoms with Crippen molar-refractivity contribution < 1.29 is 4.79 Å². The molecule has 0 aliphatic carbocycles. The van der Waals surface area contributed by atoms with Gasteiger partial charge in [-0.2, -0.15) is 0 Å². The fraction of sp³-hybridized carbons (Fsp3) is 0.167. The molecular formula is C12H11NO. The number of nitrogens with zero attached hydrogens (tertiary/aromatic N) is 1. The van der Waals surface area contributed by atoms with E-state index in [0.717, 1.165) is 22.4 Å². The van der Waals surface area contributed by atoms with Crippen LogP contribution < -0.4 is 10.6 Å². The van der Waals surface area contributed by atoms with Gasteiger partial charge in [0.1, 0.15) is 12.3 Å². The molecule has 1 aromatic carbocycles. The van der Waals surface area contributed by atoms with Crippen molar-refractivity contribution in [3.05, 3.63) is 46.5 Å². The summed E-state index contributed by atoms with van der Waals surface area (Å²) in [6, 6.07) is 7.49. The van der Waals surface area contributed by atoms with Crippen molar-refractivity contribution in [1.29, 1.82) is 0 Å². The Morgan fingerprint density at radius 1 is 1.29 bits per heavy atom. The lowest BCUT2D eigenvalue weighted by Crippen LogP contribution is -2.25. The summed E-state index contributed by atoms with van der Waals surface area (Å²) in [5.41, 5.74) is 0.983. The van der Waals surface area contributed by atoms with Crippen LogP contribution in [0.25, 0.3) is 6.08 Å². The monoisotopic (exact) mass is 185 g/mol. The van der Waals surface area contributed by atoms with Crippen LogP contribution in [0.1, 0.15) is 6.92 Å². The van der Waals surface area contributed by atoms with E-state index in [4.69, 9.17) is 0 Å². The first kappa shape index (κ1) is 8.88. The Balaban J connectivity index is 2.71. The Morgan fingerprint density at radius 3 is 2.86 bits per heavy atom. The zero-order chi connectivity index (χ0) is 9.97. The first-order valence-electron chi connectivity index (χ1n) is 4.58. The molecule has 2 heteroatoms. The fourth-order valence-corrected chi connectivity index (χ4v) is 1.46. The summed E-state index contributed by atoms with van der Waals surface area (Å²) in [6.45, 7) is 1.92. The molecule has 1 aliphatic rings. The molecular weight excluding hydrogens is 174 g/mol. The second kappa shape index (κ2) is 3.58. The second-order valence-electron chi connectivity index (χ2n) is 3.35. The highest BCUT2D eigenvalue weighted by molar-refractivity contribution is 5.65. The highest BCUT2D eigenvalue weighted by Gasteiger charge is 2.07. The van der Waals surface area contributed by atoms with Gasteiger partial charge in [-0.05, 0) is 23.8 Å². The normalized spacial score (nSPS) is 19.5. The molecule has 70 valence electrons. The van der Waals surface area contributed by atoms with E-state index in [1.54, 1.807) is 0 Å². The standard InChI is InChI=1S/C12H11NO/c1-9-6-7-10-4-2-3-5-11(10)13-12(9)8-14/h2-8,12H,1H3. The maximum Gasteiger partial charge on any atom is 0.148 e. The molecule has 0 bridgehead atoms. The number of para-hydroxylation sites is 1. The van der Waals surface area contributed by atoms with Crippen molar-refractivity contribution in [3.8, 4) is 0 Å². The van der Waals surface area contributed by atoms with E-state index < -0.39 is 0 Å². The van der Waals surface area contributed by atoms with Gasteiger partial charge in [0.05, 0.1) is 5.36 Å². The molecule has 1 aliphatic heterocycles. The number of benzene rings is 1. The molecule has 0 amide bonds. The zero-order valence-electron chi connectivity index (χ0n) is 7.97. The van der Waals surface area contributed by atoms with Crippen molar-refractivity contribution >= 4 is 12.4 Å². The van der Waals surface area contributed by atoms with Crippen LogP contribution in [0.3, 0.4) is 0 Å². The summed E-state index contributed by atoms with van der Waals surface area (Å²) in [7, 11) is 0. The van der Waals surface area contributed by atoms with Crippen LogP contribution in [0, 0.1) is 0 Å². The average Bonchev–Trinajstić information content (AvgIpc) is 2.38. The summed E-state index contributed by atoms with van der Waals surface area (Å²) in [5.74, 6) is 0. The van der Waals surface area contributed by atoms with E-state index in [1.807, 2.05) is 43.3 Å². The topological polar surface area (TPSA) is 29.4 Å². The molecule has 0 radical (unpaired) electrons. The van der Waals surface area contributed by atoms with E-state index in [1.165, 1.54) is 0 Å². The third-order valence-corrected chi connectivity index (χ3v) is 2.34. The maximum atomic E-state index is 10.8. The minimum absolute atomic E-state index is 0.324. The molecule has 1 aromatic rings. The van der Waals surface area contributed by atoms with Crippen LogP contribution in [0.4, 0.5) is 0 Å². The van der Waals surface area contributed by atoms with Crippen molar-refractivity contribution in [1.82, 2.24) is 0 Å². The molecule has 0 N–H and O–H groups in total. The number of fused-ring (bicyclic) bond motifs is 1. The Hall–Kier alpha value is -1.70. The van der Waals surface area contributed by atoms with Gasteiger partial charge in [0.25, 0.3) is 0 Å². The number of aldehydes is 1. The quantitative estimate of drug-likeness (QED) is 0.589. The summed E-state index contributed by atoms with van der Waals surface area (Å²) >= 11 is 0. The minimum Gasteiger partial charge on any atom is -0.301 e. The highest BCUT2D eigenvalue weighted by atomic mass is 16.1. The highest BCUT2D eigenvalue weighted by Crippen LogP contribution is 2.03. The van der Waals surface area contributed by atoms with E-state index >= 15 is 0 Å². The van der Waals surface area contributed by atoms with Gasteiger partial charge in [-0.1, -0.05) is 30.4 Å². The smallest absolute Gasteiger partial charge is 0.148 e. The van der Waals surface area contributed by atoms with Crippen LogP contribution in [0.15, 0.2) is 40.9 Å². The van der Waals surface area contributed by atoms with Crippen molar-refractivity contribution in [2.24, 2.45) is 4.99 Å². The zero-order valence-corrected chi connectivity index (χ0v) is 7.97. The number of carbonyl (C=O) groups excluding carboxylic acids is 1. The van der Waals surface area contributed by atoms with E-state index in [9.17, 15) is 4.79 Å². The lowest BCUT2D eigenvalue weighted by molar-refractivity contribution is -0.108. The Morgan fingerprint density at radius 2 is 2.07 bits per heavy atom. The molecule has 0 saturated heterocycles. The van der Waals surface area contributed by atoms with Crippen LogP contribution in [-0.4, -0.2) is 12.3 Å². The first-order chi connectivity index (χ1) is 6.81. The van der Waals surface area contributed by atoms with Crippen LogP contribution in [0.2, 0.25) is 0 Å². The second-order valence-corrected chi connectivity index (χ2v) is 3.35. The number of rotatable bonds is 1. The van der Waals surface area contributed by atoms with Gasteiger partial charge in [0, 0.05) is 0 Å². The molecule has 2 rings (SSSR count). The predicted octanol–water partition coefficient (Wildman–Crippen LogP) is 0.614. The van der Waals surface area contributed by atoms with Gasteiger partial charge in [0.2, 0.25) is 0 Å². The van der Waals surface area contributed by atoms with Crippen molar-refractivity contribution in [2.45, 2.75) is 13.0 Å². The molecule has 1 heterocycles. The fourth-order valence-electron chi connectivity index (χ4n) is 1.46. The SMILES string of the molecule is CC1=CC=c2ccccc2=NC1C=O. The molecule has 0 fully saturated rings. The van der Waals surface area contributed by atoms with Crippen molar-refractivity contribution in [3.63, 3.8) is 0 Å². The Labute approximate surface area is 82.3 Å². The van der Waals surface area contributed by atoms with Crippen LogP contribution in [0.5, 0.6) is 0 Å². The molecule has 0 spiro atoms. The summed E-state index contributed by atoms with van der Waals surface area (Å²) in [4.78, 5) is 15.2. The number of carbonyl (C=O) groups is 1. The number of hydrogen-bond donors (Lipinski definition) is 0. The number of allylic oxidation sites excluding steroid dienone is 1. The first-order valence-corrected chi connectivity index (χ1v) is 4.58. The molecule has 14 heavy (non-hydrogen) atoms. The minimum atomic E-state index is -0.324. The third kappa shape index (κ3) is 1.51. The summed E-state index contributed by atoms with van der Waals surface area (Å²) < 4.78 is 0. The van der Waals surface area contributed by atoms with E-state index in [0.29, 0.717) is 0 Å². The molecule has 0 saturated carbocycles. The Bertz CT molecular complexity index is 499. The van der Waals surface area contributed by atoms with Gasteiger partial charge in [-0.3, -0.25) is 4.99 Å². The molecule has 1 unspecified atom stereocenters. The van der Waals surface area contributed by atoms with Gasteiger partial charge < -0.3 is 4.79 Å². The van der Waals surface area contributed by atoms with Gasteiger partial charge in [0.15, 0.2) is 0 Å². The molecule has 2 nitrogen and oxygen atoms in total. The summed E-state index contributed by atoms with van der Waals surface area (Å²) in [6.07, 6.45) is 4.83.